The van der Waals surface area contributed by atoms with E-state index < -0.39 is 6.04 Å². The Kier molecular flexibility index (Phi) is 8.02. The minimum absolute atomic E-state index is 0.141. The zero-order valence-corrected chi connectivity index (χ0v) is 24.2. The molecule has 6 rings (SSSR count). The Morgan fingerprint density at radius 2 is 1.88 bits per heavy atom. The lowest BCUT2D eigenvalue weighted by molar-refractivity contribution is -0.124. The van der Waals surface area contributed by atoms with Crippen LogP contribution in [0.2, 0.25) is 0 Å². The van der Waals surface area contributed by atoms with Crippen LogP contribution in [0, 0.1) is 0 Å². The Hall–Kier alpha value is -4.83. The van der Waals surface area contributed by atoms with Gasteiger partial charge in [-0.05, 0) is 55.3 Å². The molecule has 43 heavy (non-hydrogen) atoms. The molecule has 1 saturated heterocycles. The normalized spacial score (nSPS) is 19.4. The lowest BCUT2D eigenvalue weighted by atomic mass is 10.0. The number of carbonyl (C=O) groups is 3. The lowest BCUT2D eigenvalue weighted by Crippen LogP contribution is -2.58. The van der Waals surface area contributed by atoms with Crippen LogP contribution >= 0.6 is 0 Å². The van der Waals surface area contributed by atoms with Gasteiger partial charge in [-0.1, -0.05) is 30.3 Å². The van der Waals surface area contributed by atoms with Crippen LogP contribution in [0.4, 0.5) is 0 Å². The topological polar surface area (TPSA) is 113 Å². The first-order chi connectivity index (χ1) is 20.9. The third-order valence-electron chi connectivity index (χ3n) is 7.71. The van der Waals surface area contributed by atoms with E-state index in [1.54, 1.807) is 30.1 Å². The predicted octanol–water partition coefficient (Wildman–Crippen LogP) is 4.36. The number of H-pyrrole nitrogens is 1. The van der Waals surface area contributed by atoms with E-state index in [-0.39, 0.29) is 36.9 Å². The molecule has 10 heteroatoms. The minimum Gasteiger partial charge on any atom is -0.494 e. The van der Waals surface area contributed by atoms with Crippen molar-refractivity contribution in [1.82, 2.24) is 20.1 Å². The van der Waals surface area contributed by atoms with E-state index in [1.807, 2.05) is 61.5 Å². The van der Waals surface area contributed by atoms with Crippen molar-refractivity contribution in [1.29, 1.82) is 0 Å². The molecule has 3 aromatic carbocycles. The first-order valence-corrected chi connectivity index (χ1v) is 14.4. The summed E-state index contributed by atoms with van der Waals surface area (Å²) >= 11 is 0. The molecule has 0 radical (unpaired) electrons. The summed E-state index contributed by atoms with van der Waals surface area (Å²) < 4.78 is 18.2. The van der Waals surface area contributed by atoms with Crippen molar-refractivity contribution in [3.63, 3.8) is 0 Å². The number of benzene rings is 3. The maximum absolute atomic E-state index is 13.5. The van der Waals surface area contributed by atoms with E-state index in [4.69, 9.17) is 14.2 Å². The number of nitrogens with one attached hydrogen (secondary N) is 2. The Bertz CT molecular complexity index is 1630. The average Bonchev–Trinajstić information content (AvgIpc) is 3.44. The highest BCUT2D eigenvalue weighted by Gasteiger charge is 2.34. The highest BCUT2D eigenvalue weighted by molar-refractivity contribution is 5.98. The van der Waals surface area contributed by atoms with Gasteiger partial charge in [-0.15, -0.1) is 0 Å². The fourth-order valence-electron chi connectivity index (χ4n) is 5.61. The lowest BCUT2D eigenvalue weighted by Gasteiger charge is -2.39. The van der Waals surface area contributed by atoms with Gasteiger partial charge < -0.3 is 34.3 Å². The van der Waals surface area contributed by atoms with Crippen molar-refractivity contribution in [3.05, 3.63) is 89.6 Å². The number of likely N-dealkylation sites (tertiary alicyclic amines) is 1. The van der Waals surface area contributed by atoms with Crippen molar-refractivity contribution >= 4 is 28.6 Å². The fraction of sp³-hybridized carbons (Fsp3) is 0.303. The second kappa shape index (κ2) is 12.2. The molecule has 3 heterocycles. The Labute approximate surface area is 249 Å². The number of hydrogen-bond donors (Lipinski definition) is 2. The number of rotatable bonds is 3. The van der Waals surface area contributed by atoms with Crippen LogP contribution in [0.1, 0.15) is 39.8 Å². The van der Waals surface area contributed by atoms with Gasteiger partial charge in [-0.25, -0.2) is 0 Å². The molecule has 1 fully saturated rings. The van der Waals surface area contributed by atoms with Gasteiger partial charge in [0.1, 0.15) is 22.9 Å². The number of aromatic amines is 1. The fourth-order valence-corrected chi connectivity index (χ4v) is 5.61. The summed E-state index contributed by atoms with van der Waals surface area (Å²) in [6, 6.07) is 21.7. The maximum atomic E-state index is 13.5. The molecule has 4 bridgehead atoms. The highest BCUT2D eigenvalue weighted by Crippen LogP contribution is 2.29. The van der Waals surface area contributed by atoms with Crippen LogP contribution in [0.15, 0.2) is 72.8 Å². The van der Waals surface area contributed by atoms with E-state index in [0.29, 0.717) is 54.7 Å². The summed E-state index contributed by atoms with van der Waals surface area (Å²) in [6.45, 7) is 3.15. The van der Waals surface area contributed by atoms with Crippen molar-refractivity contribution in [3.8, 4) is 17.2 Å². The number of aromatic nitrogens is 1. The van der Waals surface area contributed by atoms with Crippen LogP contribution in [-0.4, -0.2) is 77.9 Å². The van der Waals surface area contributed by atoms with Crippen LogP contribution in [0.25, 0.3) is 10.9 Å². The highest BCUT2D eigenvalue weighted by atomic mass is 16.5. The van der Waals surface area contributed by atoms with Crippen LogP contribution in [-0.2, 0) is 16.1 Å². The quantitative estimate of drug-likeness (QED) is 0.371. The third-order valence-corrected chi connectivity index (χ3v) is 7.71. The molecule has 0 aliphatic carbocycles. The van der Waals surface area contributed by atoms with Crippen LogP contribution in [0.5, 0.6) is 17.2 Å². The molecular formula is C33H34N4O6. The van der Waals surface area contributed by atoms with E-state index in [9.17, 15) is 14.4 Å². The van der Waals surface area contributed by atoms with Crippen molar-refractivity contribution < 1.29 is 28.6 Å². The van der Waals surface area contributed by atoms with Gasteiger partial charge in [0.25, 0.3) is 11.8 Å². The Balaban J connectivity index is 1.26. The van der Waals surface area contributed by atoms with E-state index >= 15 is 0 Å². The Morgan fingerprint density at radius 3 is 2.72 bits per heavy atom. The number of likely N-dealkylation sites (N-methyl/N-ethyl adjacent to an activating group) is 1. The molecule has 0 spiro atoms. The van der Waals surface area contributed by atoms with Gasteiger partial charge in [0.05, 0.1) is 31.9 Å². The first kappa shape index (κ1) is 28.3. The standard InChI is InChI=1S/C33H34N4O6/c1-3-41-25-14-23-15-26(17-25)43-24-9-6-7-21(13-24)20-42-30-11-12-37(18-29(30)35-31(38)19-36(2)32(23)39)33(40)28-16-22-8-4-5-10-27(22)34-28/h4-10,13-17,29-30,34H,3,11-12,18-20H2,1-2H3,(H,35,38)/t29-,30+/m0/s1. The minimum atomic E-state index is -0.474. The molecule has 2 atom stereocenters. The van der Waals surface area contributed by atoms with E-state index in [1.165, 1.54) is 4.90 Å². The number of hydrogen-bond acceptors (Lipinski definition) is 6. The smallest absolute Gasteiger partial charge is 0.270 e. The molecule has 0 unspecified atom stereocenters. The summed E-state index contributed by atoms with van der Waals surface area (Å²) in [7, 11) is 1.57. The first-order valence-electron chi connectivity index (χ1n) is 14.4. The zero-order valence-electron chi connectivity index (χ0n) is 24.2. The van der Waals surface area contributed by atoms with Gasteiger partial charge >= 0.3 is 0 Å². The van der Waals surface area contributed by atoms with E-state index in [0.717, 1.165) is 16.5 Å². The summed E-state index contributed by atoms with van der Waals surface area (Å²) in [5, 5.41) is 4.01. The second-order valence-electron chi connectivity index (χ2n) is 10.9. The summed E-state index contributed by atoms with van der Waals surface area (Å²) in [4.78, 5) is 46.4. The third kappa shape index (κ3) is 6.34. The largest absolute Gasteiger partial charge is 0.494 e. The van der Waals surface area contributed by atoms with Gasteiger partial charge in [-0.3, -0.25) is 14.4 Å². The molecule has 3 amide bonds. The van der Waals surface area contributed by atoms with E-state index in [2.05, 4.69) is 10.3 Å². The number of amides is 3. The molecule has 4 aromatic rings. The summed E-state index contributed by atoms with van der Waals surface area (Å²) in [6.07, 6.45) is 0.197. The number of fused-ring (bicyclic) bond motifs is 6. The Morgan fingerprint density at radius 1 is 1.02 bits per heavy atom. The molecule has 222 valence electrons. The number of carbonyl (C=O) groups excluding carboxylic acids is 3. The molecule has 2 aliphatic rings. The monoisotopic (exact) mass is 582 g/mol. The maximum Gasteiger partial charge on any atom is 0.270 e. The second-order valence-corrected chi connectivity index (χ2v) is 10.9. The molecular weight excluding hydrogens is 548 g/mol. The van der Waals surface area contributed by atoms with Crippen molar-refractivity contribution in [2.75, 3.05) is 33.3 Å². The van der Waals surface area contributed by atoms with Gasteiger partial charge in [-0.2, -0.15) is 0 Å². The predicted molar refractivity (Wildman–Crippen MR) is 160 cm³/mol. The van der Waals surface area contributed by atoms with Gasteiger partial charge in [0.2, 0.25) is 5.91 Å². The number of nitrogens with zero attached hydrogens (tertiary/aromatic N) is 2. The van der Waals surface area contributed by atoms with Gasteiger partial charge in [0.15, 0.2) is 0 Å². The molecule has 0 saturated carbocycles. The number of ether oxygens (including phenoxy) is 3. The summed E-state index contributed by atoms with van der Waals surface area (Å²) in [5.41, 5.74) is 2.62. The zero-order chi connectivity index (χ0) is 29.9. The van der Waals surface area contributed by atoms with Crippen LogP contribution < -0.4 is 14.8 Å². The molecule has 1 aromatic heterocycles. The molecule has 10 nitrogen and oxygen atoms in total. The van der Waals surface area contributed by atoms with Crippen LogP contribution in [0.3, 0.4) is 0 Å². The average molecular weight is 583 g/mol. The summed E-state index contributed by atoms with van der Waals surface area (Å²) in [5.74, 6) is 0.696. The number of piperidine rings is 1. The molecule has 2 N–H and O–H groups in total. The number of para-hydroxylation sites is 1. The van der Waals surface area contributed by atoms with Crippen molar-refractivity contribution in [2.45, 2.75) is 32.1 Å². The van der Waals surface area contributed by atoms with Gasteiger partial charge in [0, 0.05) is 42.7 Å². The molecule has 2 aliphatic heterocycles. The SMILES string of the molecule is CCOc1cc2cc(c1)C(=O)N(C)CC(=O)N[C@H]1CN(C(=O)c3cc4ccccc4[nH]3)CC[C@H]1OCc1cccc(c1)O2. The van der Waals surface area contributed by atoms with Crippen molar-refractivity contribution in [2.24, 2.45) is 0 Å².